The lowest BCUT2D eigenvalue weighted by Crippen LogP contribution is -2.41. The monoisotopic (exact) mass is 289 g/mol. The predicted molar refractivity (Wildman–Crippen MR) is 71.0 cm³/mol. The van der Waals surface area contributed by atoms with Gasteiger partial charge in [0.25, 0.3) is 0 Å². The maximum Gasteiger partial charge on any atom is 0.435 e. The van der Waals surface area contributed by atoms with Crippen molar-refractivity contribution < 1.29 is 13.2 Å². The summed E-state index contributed by atoms with van der Waals surface area (Å²) in [5.74, 6) is 0.450. The van der Waals surface area contributed by atoms with Crippen LogP contribution in [0.4, 0.5) is 13.2 Å². The van der Waals surface area contributed by atoms with Crippen molar-refractivity contribution in [2.75, 3.05) is 0 Å². The molecule has 1 aromatic heterocycles. The number of hydrogen-bond donors (Lipinski definition) is 1. The van der Waals surface area contributed by atoms with Crippen LogP contribution in [0.1, 0.15) is 51.8 Å². The van der Waals surface area contributed by atoms with Gasteiger partial charge >= 0.3 is 6.18 Å². The maximum atomic E-state index is 12.6. The van der Waals surface area contributed by atoms with Crippen molar-refractivity contribution in [1.82, 2.24) is 9.78 Å². The zero-order valence-corrected chi connectivity index (χ0v) is 12.1. The number of nitrogens with zero attached hydrogens (tertiary/aromatic N) is 2. The highest BCUT2D eigenvalue weighted by atomic mass is 19.4. The van der Waals surface area contributed by atoms with Gasteiger partial charge in [-0.3, -0.25) is 4.68 Å². The molecular formula is C14H22F3N3. The molecule has 3 unspecified atom stereocenters. The van der Waals surface area contributed by atoms with Gasteiger partial charge in [-0.1, -0.05) is 20.8 Å². The first-order valence-corrected chi connectivity index (χ1v) is 6.97. The van der Waals surface area contributed by atoms with Gasteiger partial charge in [-0.25, -0.2) is 0 Å². The highest BCUT2D eigenvalue weighted by molar-refractivity contribution is 5.05. The SMILES string of the molecule is CC(C)(C)C1CCC(N)C(n2ccc(C(F)(F)F)n2)C1. The van der Waals surface area contributed by atoms with Crippen molar-refractivity contribution in [3.8, 4) is 0 Å². The molecule has 0 radical (unpaired) electrons. The van der Waals surface area contributed by atoms with Crippen molar-refractivity contribution in [3.63, 3.8) is 0 Å². The highest BCUT2D eigenvalue weighted by Gasteiger charge is 2.38. The van der Waals surface area contributed by atoms with Gasteiger partial charge in [0.05, 0.1) is 6.04 Å². The third-order valence-electron chi connectivity index (χ3n) is 4.33. The van der Waals surface area contributed by atoms with E-state index in [1.54, 1.807) is 0 Å². The van der Waals surface area contributed by atoms with Crippen LogP contribution in [0, 0.1) is 11.3 Å². The summed E-state index contributed by atoms with van der Waals surface area (Å²) in [7, 11) is 0. The summed E-state index contributed by atoms with van der Waals surface area (Å²) in [6.45, 7) is 6.49. The summed E-state index contributed by atoms with van der Waals surface area (Å²) < 4.78 is 39.3. The van der Waals surface area contributed by atoms with E-state index in [1.807, 2.05) is 0 Å². The van der Waals surface area contributed by atoms with Crippen molar-refractivity contribution in [1.29, 1.82) is 0 Å². The van der Waals surface area contributed by atoms with Crippen LogP contribution in [0.15, 0.2) is 12.3 Å². The molecule has 0 aromatic carbocycles. The maximum absolute atomic E-state index is 12.6. The van der Waals surface area contributed by atoms with E-state index in [9.17, 15) is 13.2 Å². The van der Waals surface area contributed by atoms with Crippen molar-refractivity contribution in [2.24, 2.45) is 17.1 Å². The third-order valence-corrected chi connectivity index (χ3v) is 4.33. The second kappa shape index (κ2) is 5.06. The fourth-order valence-corrected chi connectivity index (χ4v) is 2.93. The Kier molecular flexibility index (Phi) is 3.88. The van der Waals surface area contributed by atoms with Crippen LogP contribution in [0.3, 0.4) is 0 Å². The first-order chi connectivity index (χ1) is 9.09. The Hall–Kier alpha value is -1.04. The van der Waals surface area contributed by atoms with E-state index < -0.39 is 11.9 Å². The summed E-state index contributed by atoms with van der Waals surface area (Å²) in [4.78, 5) is 0. The Balaban J connectivity index is 2.20. The average molecular weight is 289 g/mol. The van der Waals surface area contributed by atoms with Crippen molar-refractivity contribution >= 4 is 0 Å². The standard InChI is InChI=1S/C14H22F3N3/c1-13(2,3)9-4-5-10(18)11(8-9)20-7-6-12(19-20)14(15,16)17/h6-7,9-11H,4-5,8,18H2,1-3H3. The van der Waals surface area contributed by atoms with Crippen LogP contribution >= 0.6 is 0 Å². The van der Waals surface area contributed by atoms with Gasteiger partial charge in [0.15, 0.2) is 5.69 Å². The minimum atomic E-state index is -4.40. The predicted octanol–water partition coefficient (Wildman–Crippen LogP) is 3.62. The quantitative estimate of drug-likeness (QED) is 0.858. The van der Waals surface area contributed by atoms with Crippen molar-refractivity contribution in [2.45, 2.75) is 58.3 Å². The zero-order chi connectivity index (χ0) is 15.1. The molecule has 114 valence electrons. The summed E-state index contributed by atoms with van der Waals surface area (Å²) in [6, 6.07) is 0.742. The Bertz CT molecular complexity index is 459. The third kappa shape index (κ3) is 3.16. The Morgan fingerprint density at radius 2 is 1.90 bits per heavy atom. The number of nitrogens with two attached hydrogens (primary N) is 1. The van der Waals surface area contributed by atoms with E-state index in [-0.39, 0.29) is 17.5 Å². The lowest BCUT2D eigenvalue weighted by Gasteiger charge is -2.40. The molecule has 0 aliphatic heterocycles. The minimum Gasteiger partial charge on any atom is -0.326 e. The van der Waals surface area contributed by atoms with Crippen LogP contribution < -0.4 is 5.73 Å². The molecule has 3 atom stereocenters. The molecule has 0 saturated heterocycles. The molecule has 1 fully saturated rings. The van der Waals surface area contributed by atoms with Gasteiger partial charge in [-0.2, -0.15) is 18.3 Å². The minimum absolute atomic E-state index is 0.130. The van der Waals surface area contributed by atoms with Gasteiger partial charge in [-0.15, -0.1) is 0 Å². The summed E-state index contributed by atoms with van der Waals surface area (Å²) in [6.07, 6.45) is -0.363. The molecule has 1 aliphatic carbocycles. The van der Waals surface area contributed by atoms with E-state index >= 15 is 0 Å². The second-order valence-corrected chi connectivity index (χ2v) is 6.79. The van der Waals surface area contributed by atoms with Crippen molar-refractivity contribution in [3.05, 3.63) is 18.0 Å². The smallest absolute Gasteiger partial charge is 0.326 e. The molecule has 0 amide bonds. The molecule has 1 saturated carbocycles. The van der Waals surface area contributed by atoms with E-state index in [0.717, 1.165) is 25.3 Å². The van der Waals surface area contributed by atoms with Gasteiger partial charge in [0, 0.05) is 12.2 Å². The molecule has 1 aromatic rings. The van der Waals surface area contributed by atoms with E-state index in [1.165, 1.54) is 10.9 Å². The van der Waals surface area contributed by atoms with E-state index in [2.05, 4.69) is 25.9 Å². The Morgan fingerprint density at radius 3 is 2.40 bits per heavy atom. The lowest BCUT2D eigenvalue weighted by molar-refractivity contribution is -0.141. The normalized spacial score (nSPS) is 28.6. The number of halogens is 3. The summed E-state index contributed by atoms with van der Waals surface area (Å²) >= 11 is 0. The largest absolute Gasteiger partial charge is 0.435 e. The number of rotatable bonds is 1. The second-order valence-electron chi connectivity index (χ2n) is 6.79. The molecule has 20 heavy (non-hydrogen) atoms. The molecule has 6 heteroatoms. The Labute approximate surface area is 117 Å². The molecule has 1 aliphatic rings. The molecule has 2 N–H and O–H groups in total. The zero-order valence-electron chi connectivity index (χ0n) is 12.1. The van der Waals surface area contributed by atoms with Gasteiger partial charge in [0.1, 0.15) is 0 Å². The fourth-order valence-electron chi connectivity index (χ4n) is 2.93. The number of alkyl halides is 3. The Morgan fingerprint density at radius 1 is 1.25 bits per heavy atom. The summed E-state index contributed by atoms with van der Waals surface area (Å²) in [5, 5.41) is 3.68. The van der Waals surface area contributed by atoms with Crippen LogP contribution in [0.5, 0.6) is 0 Å². The first-order valence-electron chi connectivity index (χ1n) is 6.97. The van der Waals surface area contributed by atoms with Crippen LogP contribution in [0.25, 0.3) is 0 Å². The molecule has 0 bridgehead atoms. The molecule has 3 nitrogen and oxygen atoms in total. The highest BCUT2D eigenvalue weighted by Crippen LogP contribution is 2.41. The number of hydrogen-bond acceptors (Lipinski definition) is 2. The molecule has 0 spiro atoms. The molecular weight excluding hydrogens is 267 g/mol. The molecule has 1 heterocycles. The van der Waals surface area contributed by atoms with E-state index in [0.29, 0.717) is 5.92 Å². The first kappa shape index (κ1) is 15.4. The van der Waals surface area contributed by atoms with Gasteiger partial charge in [-0.05, 0) is 36.7 Å². The molecule has 2 rings (SSSR count). The van der Waals surface area contributed by atoms with Gasteiger partial charge in [0.2, 0.25) is 0 Å². The lowest BCUT2D eigenvalue weighted by atomic mass is 9.70. The van der Waals surface area contributed by atoms with E-state index in [4.69, 9.17) is 5.73 Å². The van der Waals surface area contributed by atoms with Gasteiger partial charge < -0.3 is 5.73 Å². The topological polar surface area (TPSA) is 43.8 Å². The fraction of sp³-hybridized carbons (Fsp3) is 0.786. The van der Waals surface area contributed by atoms with Crippen LogP contribution in [-0.2, 0) is 6.18 Å². The van der Waals surface area contributed by atoms with Crippen LogP contribution in [0.2, 0.25) is 0 Å². The average Bonchev–Trinajstić information content (AvgIpc) is 2.76. The summed E-state index contributed by atoms with van der Waals surface area (Å²) in [5.41, 5.74) is 5.39. The van der Waals surface area contributed by atoms with Crippen LogP contribution in [-0.4, -0.2) is 15.8 Å². The number of aromatic nitrogens is 2.